The second-order valence-corrected chi connectivity index (χ2v) is 6.85. The molecular formula is C10H10N2O6S2. The Kier molecular flexibility index (Phi) is 3.13. The summed E-state index contributed by atoms with van der Waals surface area (Å²) in [6, 6.07) is 4.21. The monoisotopic (exact) mass is 318 g/mol. The third kappa shape index (κ3) is 2.41. The molecule has 0 fully saturated rings. The minimum atomic E-state index is -4.71. The average Bonchev–Trinajstić information content (AvgIpc) is 2.30. The molecular weight excluding hydrogens is 308 g/mol. The van der Waals surface area contributed by atoms with Gasteiger partial charge in [0.1, 0.15) is 4.90 Å². The van der Waals surface area contributed by atoms with Crippen LogP contribution in [0.1, 0.15) is 0 Å². The van der Waals surface area contributed by atoms with Crippen LogP contribution >= 0.6 is 0 Å². The predicted octanol–water partition coefficient (Wildman–Crippen LogP) is 0.498. The second-order valence-electron chi connectivity index (χ2n) is 4.04. The highest BCUT2D eigenvalue weighted by Gasteiger charge is 2.21. The van der Waals surface area contributed by atoms with Gasteiger partial charge in [0, 0.05) is 10.8 Å². The van der Waals surface area contributed by atoms with Gasteiger partial charge in [-0.3, -0.25) is 9.11 Å². The van der Waals surface area contributed by atoms with Gasteiger partial charge < -0.3 is 11.5 Å². The van der Waals surface area contributed by atoms with Crippen LogP contribution in [0, 0.1) is 0 Å². The highest BCUT2D eigenvalue weighted by atomic mass is 32.2. The molecule has 0 unspecified atom stereocenters. The molecule has 0 aliphatic rings. The van der Waals surface area contributed by atoms with E-state index in [1.807, 2.05) is 0 Å². The zero-order valence-electron chi connectivity index (χ0n) is 9.81. The van der Waals surface area contributed by atoms with Gasteiger partial charge in [-0.05, 0) is 18.2 Å². The lowest BCUT2D eigenvalue weighted by Crippen LogP contribution is -2.06. The van der Waals surface area contributed by atoms with Crippen molar-refractivity contribution in [3.05, 3.63) is 24.3 Å². The van der Waals surface area contributed by atoms with Crippen molar-refractivity contribution in [2.24, 2.45) is 0 Å². The van der Waals surface area contributed by atoms with Crippen LogP contribution in [-0.2, 0) is 20.2 Å². The minimum Gasteiger partial charge on any atom is -0.397 e. The van der Waals surface area contributed by atoms with Crippen LogP contribution in [0.5, 0.6) is 0 Å². The van der Waals surface area contributed by atoms with Crippen molar-refractivity contribution >= 4 is 42.4 Å². The Hall–Kier alpha value is -1.88. The van der Waals surface area contributed by atoms with E-state index < -0.39 is 30.0 Å². The molecule has 0 amide bonds. The van der Waals surface area contributed by atoms with E-state index in [4.69, 9.17) is 20.6 Å². The van der Waals surface area contributed by atoms with E-state index in [0.717, 1.165) is 6.07 Å². The van der Waals surface area contributed by atoms with Crippen LogP contribution < -0.4 is 11.5 Å². The first-order valence-electron chi connectivity index (χ1n) is 5.08. The lowest BCUT2D eigenvalue weighted by Gasteiger charge is -2.10. The first-order valence-corrected chi connectivity index (χ1v) is 7.96. The van der Waals surface area contributed by atoms with Crippen molar-refractivity contribution in [2.45, 2.75) is 9.79 Å². The van der Waals surface area contributed by atoms with E-state index in [0.29, 0.717) is 6.07 Å². The summed E-state index contributed by atoms with van der Waals surface area (Å²) in [4.78, 5) is -1.40. The zero-order valence-corrected chi connectivity index (χ0v) is 11.4. The second kappa shape index (κ2) is 4.31. The average molecular weight is 318 g/mol. The Morgan fingerprint density at radius 2 is 1.45 bits per heavy atom. The minimum absolute atomic E-state index is 0.00671. The van der Waals surface area contributed by atoms with Gasteiger partial charge in [0.15, 0.2) is 0 Å². The van der Waals surface area contributed by atoms with Crippen molar-refractivity contribution in [2.75, 3.05) is 11.5 Å². The number of hydrogen-bond acceptors (Lipinski definition) is 6. The highest BCUT2D eigenvalue weighted by molar-refractivity contribution is 7.86. The maximum Gasteiger partial charge on any atom is 0.295 e. The molecule has 0 saturated carbocycles. The third-order valence-corrected chi connectivity index (χ3v) is 4.45. The quantitative estimate of drug-likeness (QED) is 0.459. The molecule has 0 aliphatic carbocycles. The van der Waals surface area contributed by atoms with Crippen molar-refractivity contribution in [3.63, 3.8) is 0 Å². The molecule has 108 valence electrons. The molecule has 6 N–H and O–H groups in total. The molecule has 0 aliphatic heterocycles. The van der Waals surface area contributed by atoms with Gasteiger partial charge in [0.2, 0.25) is 0 Å². The Balaban J connectivity index is 3.09. The normalized spacial score (nSPS) is 12.7. The van der Waals surface area contributed by atoms with Crippen LogP contribution in [0.2, 0.25) is 0 Å². The molecule has 2 aromatic carbocycles. The lowest BCUT2D eigenvalue weighted by molar-refractivity contribution is 0.482. The first-order chi connectivity index (χ1) is 9.01. The van der Waals surface area contributed by atoms with Gasteiger partial charge in [-0.1, -0.05) is 6.07 Å². The summed E-state index contributed by atoms with van der Waals surface area (Å²) >= 11 is 0. The summed E-state index contributed by atoms with van der Waals surface area (Å²) in [5, 5.41) is -0.0145. The summed E-state index contributed by atoms with van der Waals surface area (Å²) < 4.78 is 63.2. The molecule has 8 nitrogen and oxygen atoms in total. The Morgan fingerprint density at radius 1 is 0.850 bits per heavy atom. The summed E-state index contributed by atoms with van der Waals surface area (Å²) in [5.74, 6) is 0. The number of fused-ring (bicyclic) bond motifs is 1. The largest absolute Gasteiger partial charge is 0.397 e. The zero-order chi connectivity index (χ0) is 15.3. The summed E-state index contributed by atoms with van der Waals surface area (Å²) in [5.41, 5.74) is 11.3. The molecule has 10 heteroatoms. The molecule has 0 aromatic heterocycles. The van der Waals surface area contributed by atoms with Crippen LogP contribution in [0.3, 0.4) is 0 Å². The fourth-order valence-corrected chi connectivity index (χ4v) is 3.12. The Labute approximate surface area is 114 Å². The molecule has 0 bridgehead atoms. The molecule has 0 heterocycles. The summed E-state index contributed by atoms with van der Waals surface area (Å²) in [6.07, 6.45) is 0. The molecule has 0 atom stereocenters. The smallest absolute Gasteiger partial charge is 0.295 e. The number of nitrogens with two attached hydrogens (primary N) is 2. The van der Waals surface area contributed by atoms with Crippen molar-refractivity contribution in [3.8, 4) is 0 Å². The predicted molar refractivity (Wildman–Crippen MR) is 72.4 cm³/mol. The number of hydrogen-bond donors (Lipinski definition) is 4. The number of benzene rings is 2. The van der Waals surface area contributed by atoms with Crippen LogP contribution in [0.25, 0.3) is 10.8 Å². The van der Waals surface area contributed by atoms with E-state index in [1.165, 1.54) is 12.1 Å². The van der Waals surface area contributed by atoms with Gasteiger partial charge in [0.25, 0.3) is 20.2 Å². The van der Waals surface area contributed by atoms with Gasteiger partial charge in [-0.15, -0.1) is 0 Å². The lowest BCUT2D eigenvalue weighted by atomic mass is 10.1. The summed E-state index contributed by atoms with van der Waals surface area (Å²) in [7, 11) is -9.39. The molecule has 0 spiro atoms. The van der Waals surface area contributed by atoms with Crippen molar-refractivity contribution in [1.29, 1.82) is 0 Å². The summed E-state index contributed by atoms with van der Waals surface area (Å²) in [6.45, 7) is 0. The van der Waals surface area contributed by atoms with E-state index in [9.17, 15) is 16.8 Å². The van der Waals surface area contributed by atoms with Crippen molar-refractivity contribution < 1.29 is 25.9 Å². The van der Waals surface area contributed by atoms with E-state index >= 15 is 0 Å². The Bertz CT molecular complexity index is 918. The first kappa shape index (κ1) is 14.5. The Morgan fingerprint density at radius 3 is 1.95 bits per heavy atom. The molecule has 2 rings (SSSR count). The SMILES string of the molecule is Nc1ccc2c(S(=O)(=O)O)cc(S(=O)(=O)O)cc2c1N. The van der Waals surface area contributed by atoms with Gasteiger partial charge in [-0.25, -0.2) is 0 Å². The van der Waals surface area contributed by atoms with E-state index in [2.05, 4.69) is 0 Å². The highest BCUT2D eigenvalue weighted by Crippen LogP contribution is 2.33. The van der Waals surface area contributed by atoms with E-state index in [1.54, 1.807) is 0 Å². The van der Waals surface area contributed by atoms with Crippen molar-refractivity contribution in [1.82, 2.24) is 0 Å². The van der Waals surface area contributed by atoms with E-state index in [-0.39, 0.29) is 22.1 Å². The number of nitrogen functional groups attached to an aromatic ring is 2. The fraction of sp³-hybridized carbons (Fsp3) is 0. The molecule has 20 heavy (non-hydrogen) atoms. The van der Waals surface area contributed by atoms with Crippen LogP contribution in [-0.4, -0.2) is 25.9 Å². The standard InChI is InChI=1S/C10H10N2O6S2/c11-8-2-1-6-7(10(8)12)3-5(19(13,14)15)4-9(6)20(16,17)18/h1-4H,11-12H2,(H,13,14,15)(H,16,17,18). The van der Waals surface area contributed by atoms with Gasteiger partial charge in [-0.2, -0.15) is 16.8 Å². The maximum atomic E-state index is 11.3. The van der Waals surface area contributed by atoms with Gasteiger partial charge in [0.05, 0.1) is 16.3 Å². The van der Waals surface area contributed by atoms with Crippen LogP contribution in [0.15, 0.2) is 34.1 Å². The number of anilines is 2. The van der Waals surface area contributed by atoms with Gasteiger partial charge >= 0.3 is 0 Å². The molecule has 0 saturated heterocycles. The third-order valence-electron chi connectivity index (χ3n) is 2.72. The number of rotatable bonds is 2. The molecule has 0 radical (unpaired) electrons. The van der Waals surface area contributed by atoms with Crippen LogP contribution in [0.4, 0.5) is 11.4 Å². The molecule has 2 aromatic rings. The fourth-order valence-electron chi connectivity index (χ4n) is 1.78. The maximum absolute atomic E-state index is 11.3. The topological polar surface area (TPSA) is 161 Å².